The average Bonchev–Trinajstić information content (AvgIpc) is 2.39. The first-order chi connectivity index (χ1) is 9.40. The summed E-state index contributed by atoms with van der Waals surface area (Å²) in [7, 11) is 0. The molecule has 1 heterocycles. The average molecular weight is 407 g/mol. The Bertz CT molecular complexity index is 748. The van der Waals surface area contributed by atoms with E-state index >= 15 is 0 Å². The predicted octanol–water partition coefficient (Wildman–Crippen LogP) is 2.86. The molecule has 0 saturated heterocycles. The zero-order valence-corrected chi connectivity index (χ0v) is 12.9. The molecule has 104 valence electrons. The Kier molecular flexibility index (Phi) is 4.29. The van der Waals surface area contributed by atoms with Gasteiger partial charge in [-0.15, -0.1) is 0 Å². The minimum atomic E-state index is -0.947. The van der Waals surface area contributed by atoms with Crippen molar-refractivity contribution >= 4 is 37.5 Å². The maximum Gasteiger partial charge on any atom is 0.304 e. The van der Waals surface area contributed by atoms with Crippen LogP contribution in [0.2, 0.25) is 0 Å². The van der Waals surface area contributed by atoms with E-state index in [1.165, 1.54) is 12.3 Å². The largest absolute Gasteiger partial charge is 0.304 e. The van der Waals surface area contributed by atoms with Gasteiger partial charge in [0, 0.05) is 6.07 Å². The Balaban J connectivity index is 2.36. The second-order valence-electron chi connectivity index (χ2n) is 3.81. The summed E-state index contributed by atoms with van der Waals surface area (Å²) in [6.07, 6.45) is 1.42. The van der Waals surface area contributed by atoms with Crippen LogP contribution in [0.5, 0.6) is 0 Å². The van der Waals surface area contributed by atoms with Crippen LogP contribution >= 0.6 is 31.9 Å². The topological polar surface area (TPSA) is 78.0 Å². The standard InChI is InChI=1S/C11H6Br2FN3O3/c12-7-4-15-16(11(18)10(7)13)5-6-1-2-9(17(19)20)8(14)3-6/h1-4H,5H2. The molecule has 0 saturated carbocycles. The third kappa shape index (κ3) is 2.93. The third-order valence-electron chi connectivity index (χ3n) is 2.48. The van der Waals surface area contributed by atoms with E-state index in [1.54, 1.807) is 0 Å². The lowest BCUT2D eigenvalue weighted by Crippen LogP contribution is -2.24. The predicted molar refractivity (Wildman–Crippen MR) is 76.1 cm³/mol. The lowest BCUT2D eigenvalue weighted by molar-refractivity contribution is -0.387. The molecule has 0 N–H and O–H groups in total. The van der Waals surface area contributed by atoms with Gasteiger partial charge in [0.2, 0.25) is 5.82 Å². The molecule has 0 radical (unpaired) electrons. The number of benzene rings is 1. The van der Waals surface area contributed by atoms with Crippen molar-refractivity contribution in [3.63, 3.8) is 0 Å². The molecular weight excluding hydrogens is 401 g/mol. The van der Waals surface area contributed by atoms with E-state index < -0.39 is 22.0 Å². The Labute approximate surface area is 128 Å². The molecule has 0 aliphatic heterocycles. The van der Waals surface area contributed by atoms with Crippen molar-refractivity contribution in [3.05, 3.63) is 65.2 Å². The van der Waals surface area contributed by atoms with Crippen LogP contribution in [0.25, 0.3) is 0 Å². The highest BCUT2D eigenvalue weighted by molar-refractivity contribution is 9.13. The highest BCUT2D eigenvalue weighted by Gasteiger charge is 2.14. The first kappa shape index (κ1) is 14.8. The fourth-order valence-electron chi connectivity index (χ4n) is 1.53. The number of nitrogens with zero attached hydrogens (tertiary/aromatic N) is 3. The van der Waals surface area contributed by atoms with Crippen molar-refractivity contribution in [2.45, 2.75) is 6.54 Å². The lowest BCUT2D eigenvalue weighted by atomic mass is 10.2. The van der Waals surface area contributed by atoms with Crippen LogP contribution in [0.3, 0.4) is 0 Å². The number of nitro benzene ring substituents is 1. The summed E-state index contributed by atoms with van der Waals surface area (Å²) < 4.78 is 15.4. The Hall–Kier alpha value is -1.61. The van der Waals surface area contributed by atoms with Crippen molar-refractivity contribution in [2.75, 3.05) is 0 Å². The Morgan fingerprint density at radius 1 is 1.40 bits per heavy atom. The van der Waals surface area contributed by atoms with E-state index in [0.29, 0.717) is 14.5 Å². The van der Waals surface area contributed by atoms with Gasteiger partial charge in [-0.1, -0.05) is 6.07 Å². The van der Waals surface area contributed by atoms with Gasteiger partial charge in [-0.25, -0.2) is 4.68 Å². The first-order valence-corrected chi connectivity index (χ1v) is 6.82. The van der Waals surface area contributed by atoms with Gasteiger partial charge in [0.1, 0.15) is 4.47 Å². The highest BCUT2D eigenvalue weighted by Crippen LogP contribution is 2.19. The van der Waals surface area contributed by atoms with E-state index in [9.17, 15) is 19.3 Å². The van der Waals surface area contributed by atoms with E-state index in [2.05, 4.69) is 37.0 Å². The summed E-state index contributed by atoms with van der Waals surface area (Å²) in [5, 5.41) is 14.4. The molecule has 2 rings (SSSR count). The Morgan fingerprint density at radius 3 is 2.70 bits per heavy atom. The zero-order chi connectivity index (χ0) is 14.9. The molecular formula is C11H6Br2FN3O3. The van der Waals surface area contributed by atoms with Gasteiger partial charge in [-0.3, -0.25) is 14.9 Å². The van der Waals surface area contributed by atoms with E-state index in [-0.39, 0.29) is 6.54 Å². The van der Waals surface area contributed by atoms with Gasteiger partial charge >= 0.3 is 5.69 Å². The fraction of sp³-hybridized carbons (Fsp3) is 0.0909. The molecule has 0 atom stereocenters. The number of rotatable bonds is 3. The van der Waals surface area contributed by atoms with Gasteiger partial charge < -0.3 is 0 Å². The van der Waals surface area contributed by atoms with Gasteiger partial charge in [-0.2, -0.15) is 9.49 Å². The first-order valence-electron chi connectivity index (χ1n) is 5.24. The normalized spacial score (nSPS) is 10.6. The van der Waals surface area contributed by atoms with E-state index in [0.717, 1.165) is 16.8 Å². The van der Waals surface area contributed by atoms with Crippen LogP contribution in [0.1, 0.15) is 5.56 Å². The minimum Gasteiger partial charge on any atom is -0.266 e. The molecule has 0 bridgehead atoms. The van der Waals surface area contributed by atoms with Crippen LogP contribution < -0.4 is 5.56 Å². The fourth-order valence-corrected chi connectivity index (χ4v) is 2.10. The van der Waals surface area contributed by atoms with Crippen LogP contribution in [-0.4, -0.2) is 14.7 Å². The molecule has 2 aromatic rings. The molecule has 0 aliphatic carbocycles. The second-order valence-corrected chi connectivity index (χ2v) is 5.46. The third-order valence-corrected chi connectivity index (χ3v) is 4.38. The van der Waals surface area contributed by atoms with E-state index in [4.69, 9.17) is 0 Å². The van der Waals surface area contributed by atoms with Crippen molar-refractivity contribution in [2.24, 2.45) is 0 Å². The smallest absolute Gasteiger partial charge is 0.266 e. The summed E-state index contributed by atoms with van der Waals surface area (Å²) >= 11 is 6.25. The molecule has 6 nitrogen and oxygen atoms in total. The molecule has 1 aromatic heterocycles. The second kappa shape index (κ2) is 5.80. The summed E-state index contributed by atoms with van der Waals surface area (Å²) in [6.45, 7) is 0.0135. The molecule has 0 fully saturated rings. The monoisotopic (exact) mass is 405 g/mol. The van der Waals surface area contributed by atoms with Gasteiger partial charge in [0.15, 0.2) is 0 Å². The van der Waals surface area contributed by atoms with Crippen molar-refractivity contribution < 1.29 is 9.31 Å². The van der Waals surface area contributed by atoms with Crippen LogP contribution in [0, 0.1) is 15.9 Å². The summed E-state index contributed by atoms with van der Waals surface area (Å²) in [6, 6.07) is 3.46. The summed E-state index contributed by atoms with van der Waals surface area (Å²) in [4.78, 5) is 21.6. The number of hydrogen-bond acceptors (Lipinski definition) is 4. The molecule has 20 heavy (non-hydrogen) atoms. The van der Waals surface area contributed by atoms with E-state index in [1.807, 2.05) is 0 Å². The molecule has 0 spiro atoms. The number of hydrogen-bond donors (Lipinski definition) is 0. The Morgan fingerprint density at radius 2 is 2.10 bits per heavy atom. The SMILES string of the molecule is O=c1c(Br)c(Br)cnn1Cc1ccc([N+](=O)[O-])c(F)c1. The summed E-state index contributed by atoms with van der Waals surface area (Å²) in [5.74, 6) is -0.947. The number of halogens is 3. The quantitative estimate of drug-likeness (QED) is 0.580. The van der Waals surface area contributed by atoms with Gasteiger partial charge in [0.25, 0.3) is 5.56 Å². The molecule has 0 aliphatic rings. The van der Waals surface area contributed by atoms with Gasteiger partial charge in [-0.05, 0) is 43.5 Å². The number of aromatic nitrogens is 2. The summed E-state index contributed by atoms with van der Waals surface area (Å²) in [5.41, 5.74) is -0.596. The number of nitro groups is 1. The molecule has 1 aromatic carbocycles. The van der Waals surface area contributed by atoms with Crippen molar-refractivity contribution in [1.29, 1.82) is 0 Å². The highest BCUT2D eigenvalue weighted by atomic mass is 79.9. The molecule has 9 heteroatoms. The van der Waals surface area contributed by atoms with Crippen molar-refractivity contribution in [3.8, 4) is 0 Å². The van der Waals surface area contributed by atoms with Crippen LogP contribution in [0.4, 0.5) is 10.1 Å². The van der Waals surface area contributed by atoms with Gasteiger partial charge in [0.05, 0.1) is 22.1 Å². The maximum atomic E-state index is 13.5. The lowest BCUT2D eigenvalue weighted by Gasteiger charge is -2.06. The molecule has 0 unspecified atom stereocenters. The molecule has 0 amide bonds. The maximum absolute atomic E-state index is 13.5. The van der Waals surface area contributed by atoms with Crippen molar-refractivity contribution in [1.82, 2.24) is 9.78 Å². The zero-order valence-electron chi connectivity index (χ0n) is 9.72. The van der Waals surface area contributed by atoms with Crippen LogP contribution in [-0.2, 0) is 6.54 Å². The van der Waals surface area contributed by atoms with Crippen LogP contribution in [0.15, 0.2) is 38.1 Å². The minimum absolute atomic E-state index is 0.0135.